The molecule has 0 radical (unpaired) electrons. The first-order chi connectivity index (χ1) is 12.2. The summed E-state index contributed by atoms with van der Waals surface area (Å²) in [6.07, 6.45) is 3.72. The average Bonchev–Trinajstić information content (AvgIpc) is 3.12. The van der Waals surface area contributed by atoms with Gasteiger partial charge < -0.3 is 5.32 Å². The minimum absolute atomic E-state index is 0.0450. The Balaban J connectivity index is 1.86. The lowest BCUT2D eigenvalue weighted by Crippen LogP contribution is -2.33. The predicted molar refractivity (Wildman–Crippen MR) is 98.3 cm³/mol. The van der Waals surface area contributed by atoms with E-state index in [1.54, 1.807) is 0 Å². The van der Waals surface area contributed by atoms with Crippen molar-refractivity contribution < 1.29 is 4.79 Å². The Bertz CT molecular complexity index is 918. The molecule has 1 N–H and O–H groups in total. The van der Waals surface area contributed by atoms with Gasteiger partial charge in [0, 0.05) is 23.7 Å². The van der Waals surface area contributed by atoms with Gasteiger partial charge in [-0.3, -0.25) is 14.2 Å². The van der Waals surface area contributed by atoms with Gasteiger partial charge >= 0.3 is 0 Å². The lowest BCUT2D eigenvalue weighted by Gasteiger charge is -2.06. The normalized spacial score (nSPS) is 10.6. The molecule has 3 aromatic rings. The number of hydrogen-bond donors (Lipinski definition) is 1. The third kappa shape index (κ3) is 4.00. The summed E-state index contributed by atoms with van der Waals surface area (Å²) >= 11 is 1.39. The molecule has 0 aliphatic carbocycles. The topological polar surface area (TPSA) is 76.9 Å². The van der Waals surface area contributed by atoms with Crippen molar-refractivity contribution in [3.8, 4) is 21.8 Å². The highest BCUT2D eigenvalue weighted by atomic mass is 32.1. The Morgan fingerprint density at radius 1 is 1.28 bits per heavy atom. The molecule has 2 aromatic heterocycles. The SMILES string of the molecule is CCCNC(=O)Cn1cncc(-c2nc(-c3ccccc3)cs2)c1=O. The van der Waals surface area contributed by atoms with E-state index in [-0.39, 0.29) is 18.0 Å². The Hall–Kier alpha value is -2.80. The van der Waals surface area contributed by atoms with Crippen molar-refractivity contribution in [3.63, 3.8) is 0 Å². The molecular formula is C18H18N4O2S. The minimum Gasteiger partial charge on any atom is -0.355 e. The van der Waals surface area contributed by atoms with Crippen LogP contribution in [0.2, 0.25) is 0 Å². The molecular weight excluding hydrogens is 336 g/mol. The number of benzene rings is 1. The first kappa shape index (κ1) is 17.0. The second-order valence-electron chi connectivity index (χ2n) is 5.49. The number of rotatable bonds is 6. The molecule has 0 aliphatic heterocycles. The summed E-state index contributed by atoms with van der Waals surface area (Å²) in [6, 6.07) is 9.78. The molecule has 25 heavy (non-hydrogen) atoms. The maximum atomic E-state index is 12.6. The van der Waals surface area contributed by atoms with Crippen LogP contribution in [0.25, 0.3) is 21.8 Å². The molecule has 6 nitrogen and oxygen atoms in total. The summed E-state index contributed by atoms with van der Waals surface area (Å²) in [4.78, 5) is 33.1. The number of hydrogen-bond acceptors (Lipinski definition) is 5. The molecule has 0 fully saturated rings. The Morgan fingerprint density at radius 3 is 2.84 bits per heavy atom. The van der Waals surface area contributed by atoms with Crippen LogP contribution in [0.5, 0.6) is 0 Å². The second kappa shape index (κ2) is 7.85. The molecule has 0 saturated carbocycles. The van der Waals surface area contributed by atoms with Gasteiger partial charge in [0.05, 0.1) is 17.6 Å². The highest BCUT2D eigenvalue weighted by Gasteiger charge is 2.13. The van der Waals surface area contributed by atoms with Gasteiger partial charge in [-0.05, 0) is 6.42 Å². The van der Waals surface area contributed by atoms with Crippen LogP contribution in [0.15, 0.2) is 53.0 Å². The fourth-order valence-electron chi connectivity index (χ4n) is 2.32. The smallest absolute Gasteiger partial charge is 0.264 e. The van der Waals surface area contributed by atoms with Crippen LogP contribution in [0, 0.1) is 0 Å². The number of aromatic nitrogens is 3. The number of carbonyl (C=O) groups is 1. The van der Waals surface area contributed by atoms with Crippen LogP contribution >= 0.6 is 11.3 Å². The summed E-state index contributed by atoms with van der Waals surface area (Å²) in [5, 5.41) is 5.26. The number of carbonyl (C=O) groups excluding carboxylic acids is 1. The Morgan fingerprint density at radius 2 is 2.08 bits per heavy atom. The van der Waals surface area contributed by atoms with Gasteiger partial charge in [-0.15, -0.1) is 11.3 Å². The van der Waals surface area contributed by atoms with Gasteiger partial charge in [0.15, 0.2) is 0 Å². The zero-order valence-electron chi connectivity index (χ0n) is 13.8. The van der Waals surface area contributed by atoms with Gasteiger partial charge in [-0.1, -0.05) is 37.3 Å². The van der Waals surface area contributed by atoms with Crippen molar-refractivity contribution in [2.24, 2.45) is 0 Å². The second-order valence-corrected chi connectivity index (χ2v) is 6.35. The molecule has 0 unspecified atom stereocenters. The van der Waals surface area contributed by atoms with Crippen molar-refractivity contribution >= 4 is 17.2 Å². The van der Waals surface area contributed by atoms with Crippen LogP contribution in [0.3, 0.4) is 0 Å². The molecule has 3 rings (SSSR count). The maximum absolute atomic E-state index is 12.6. The quantitative estimate of drug-likeness (QED) is 0.738. The number of nitrogens with one attached hydrogen (secondary N) is 1. The van der Waals surface area contributed by atoms with Gasteiger partial charge in [0.2, 0.25) is 5.91 Å². The zero-order chi connectivity index (χ0) is 17.6. The molecule has 0 spiro atoms. The van der Waals surface area contributed by atoms with Crippen LogP contribution in [0.1, 0.15) is 13.3 Å². The van der Waals surface area contributed by atoms with E-state index in [1.807, 2.05) is 42.6 Å². The van der Waals surface area contributed by atoms with Gasteiger partial charge in [0.1, 0.15) is 11.6 Å². The third-order valence-electron chi connectivity index (χ3n) is 3.59. The summed E-state index contributed by atoms with van der Waals surface area (Å²) in [5.74, 6) is -0.202. The predicted octanol–water partition coefficient (Wildman–Crippen LogP) is 2.56. The van der Waals surface area contributed by atoms with Gasteiger partial charge in [-0.25, -0.2) is 9.97 Å². The van der Waals surface area contributed by atoms with E-state index < -0.39 is 0 Å². The molecule has 0 saturated heterocycles. The van der Waals surface area contributed by atoms with Crippen molar-refractivity contribution in [2.75, 3.05) is 6.54 Å². The molecule has 0 bridgehead atoms. The van der Waals surface area contributed by atoms with E-state index in [0.29, 0.717) is 17.1 Å². The summed E-state index contributed by atoms with van der Waals surface area (Å²) in [6.45, 7) is 2.52. The summed E-state index contributed by atoms with van der Waals surface area (Å²) in [7, 11) is 0. The van der Waals surface area contributed by atoms with Crippen LogP contribution in [-0.2, 0) is 11.3 Å². The molecule has 0 atom stereocenters. The first-order valence-corrected chi connectivity index (χ1v) is 8.89. The molecule has 1 aromatic carbocycles. The zero-order valence-corrected chi connectivity index (χ0v) is 14.6. The number of nitrogens with zero attached hydrogens (tertiary/aromatic N) is 3. The number of amides is 1. The van der Waals surface area contributed by atoms with Crippen molar-refractivity contribution in [1.82, 2.24) is 19.9 Å². The highest BCUT2D eigenvalue weighted by molar-refractivity contribution is 7.13. The van der Waals surface area contributed by atoms with E-state index in [4.69, 9.17) is 0 Å². The third-order valence-corrected chi connectivity index (χ3v) is 4.47. The standard InChI is InChI=1S/C18H18N4O2S/c1-2-8-20-16(23)10-22-12-19-9-14(18(22)24)17-21-15(11-25-17)13-6-4-3-5-7-13/h3-7,9,11-12H,2,8,10H2,1H3,(H,20,23). The summed E-state index contributed by atoms with van der Waals surface area (Å²) < 4.78 is 1.31. The van der Waals surface area contributed by atoms with Crippen LogP contribution < -0.4 is 10.9 Å². The van der Waals surface area contributed by atoms with E-state index in [2.05, 4.69) is 15.3 Å². The van der Waals surface area contributed by atoms with E-state index >= 15 is 0 Å². The Labute approximate surface area is 149 Å². The van der Waals surface area contributed by atoms with E-state index in [9.17, 15) is 9.59 Å². The van der Waals surface area contributed by atoms with Crippen molar-refractivity contribution in [1.29, 1.82) is 0 Å². The van der Waals surface area contributed by atoms with Crippen LogP contribution in [0.4, 0.5) is 0 Å². The lowest BCUT2D eigenvalue weighted by atomic mass is 10.2. The maximum Gasteiger partial charge on any atom is 0.264 e. The van der Waals surface area contributed by atoms with Crippen molar-refractivity contribution in [3.05, 3.63) is 58.6 Å². The minimum atomic E-state index is -0.268. The summed E-state index contributed by atoms with van der Waals surface area (Å²) in [5.41, 5.74) is 1.94. The molecule has 7 heteroatoms. The molecule has 0 aliphatic rings. The highest BCUT2D eigenvalue weighted by Crippen LogP contribution is 2.26. The molecule has 2 heterocycles. The van der Waals surface area contributed by atoms with Crippen LogP contribution in [-0.4, -0.2) is 27.0 Å². The fraction of sp³-hybridized carbons (Fsp3) is 0.222. The fourth-order valence-corrected chi connectivity index (χ4v) is 3.15. The lowest BCUT2D eigenvalue weighted by molar-refractivity contribution is -0.121. The van der Waals surface area contributed by atoms with E-state index in [1.165, 1.54) is 28.4 Å². The largest absolute Gasteiger partial charge is 0.355 e. The molecule has 1 amide bonds. The Kier molecular flexibility index (Phi) is 5.35. The first-order valence-electron chi connectivity index (χ1n) is 8.01. The van der Waals surface area contributed by atoms with Crippen molar-refractivity contribution in [2.45, 2.75) is 19.9 Å². The van der Waals surface area contributed by atoms with E-state index in [0.717, 1.165) is 17.7 Å². The molecule has 128 valence electrons. The van der Waals surface area contributed by atoms with Gasteiger partial charge in [0.25, 0.3) is 5.56 Å². The monoisotopic (exact) mass is 354 g/mol. The number of thiazole rings is 1. The van der Waals surface area contributed by atoms with Gasteiger partial charge in [-0.2, -0.15) is 0 Å². The average molecular weight is 354 g/mol.